The zero-order valence-corrected chi connectivity index (χ0v) is 11.9. The number of hydrogen-bond donors (Lipinski definition) is 2. The molecule has 2 N–H and O–H groups in total. The van der Waals surface area contributed by atoms with Crippen molar-refractivity contribution in [2.75, 3.05) is 5.32 Å². The summed E-state index contributed by atoms with van der Waals surface area (Å²) in [6, 6.07) is 7.66. The number of nitrogens with one attached hydrogen (secondary N) is 2. The molecule has 2 aliphatic rings. The fourth-order valence-corrected chi connectivity index (χ4v) is 3.50. The van der Waals surface area contributed by atoms with Crippen molar-refractivity contribution in [2.24, 2.45) is 5.92 Å². The number of rotatable bonds is 6. The van der Waals surface area contributed by atoms with Crippen molar-refractivity contribution in [1.82, 2.24) is 4.72 Å². The number of anilines is 1. The Labute approximate surface area is 114 Å². The first-order valence-corrected chi connectivity index (χ1v) is 8.42. The molecule has 4 nitrogen and oxygen atoms in total. The first kappa shape index (κ1) is 12.9. The lowest BCUT2D eigenvalue weighted by Gasteiger charge is -2.14. The Bertz CT molecular complexity index is 545. The minimum absolute atomic E-state index is 0.151. The molecule has 0 radical (unpaired) electrons. The van der Waals surface area contributed by atoms with Crippen LogP contribution in [-0.4, -0.2) is 20.5 Å². The summed E-state index contributed by atoms with van der Waals surface area (Å²) in [5.41, 5.74) is 0.991. The Kier molecular flexibility index (Phi) is 3.27. The van der Waals surface area contributed by atoms with Crippen LogP contribution in [0.15, 0.2) is 29.2 Å². The largest absolute Gasteiger partial charge is 0.382 e. The van der Waals surface area contributed by atoms with Crippen LogP contribution in [0.1, 0.15) is 32.6 Å². The average Bonchev–Trinajstić information content (AvgIpc) is 3.23. The van der Waals surface area contributed by atoms with E-state index in [1.807, 2.05) is 12.1 Å². The highest BCUT2D eigenvalue weighted by Crippen LogP contribution is 2.34. The number of sulfonamides is 1. The first-order valence-electron chi connectivity index (χ1n) is 6.93. The van der Waals surface area contributed by atoms with Crippen molar-refractivity contribution in [3.63, 3.8) is 0 Å². The van der Waals surface area contributed by atoms with E-state index in [4.69, 9.17) is 0 Å². The Morgan fingerprint density at radius 2 is 1.74 bits per heavy atom. The van der Waals surface area contributed by atoms with Gasteiger partial charge in [-0.1, -0.05) is 0 Å². The van der Waals surface area contributed by atoms with Gasteiger partial charge in [-0.05, 0) is 62.8 Å². The third-order valence-corrected chi connectivity index (χ3v) is 5.32. The normalized spacial score (nSPS) is 21.1. The van der Waals surface area contributed by atoms with Gasteiger partial charge in [-0.3, -0.25) is 0 Å². The fraction of sp³-hybridized carbons (Fsp3) is 0.571. The highest BCUT2D eigenvalue weighted by Gasteiger charge is 2.29. The van der Waals surface area contributed by atoms with Crippen molar-refractivity contribution in [2.45, 2.75) is 49.6 Å². The Hall–Kier alpha value is -1.07. The molecule has 0 heterocycles. The van der Waals surface area contributed by atoms with Crippen molar-refractivity contribution in [3.05, 3.63) is 24.3 Å². The zero-order chi connectivity index (χ0) is 13.5. The quantitative estimate of drug-likeness (QED) is 0.841. The maximum absolute atomic E-state index is 12.0. The summed E-state index contributed by atoms with van der Waals surface area (Å²) >= 11 is 0. The van der Waals surface area contributed by atoms with Crippen LogP contribution in [0.2, 0.25) is 0 Å². The monoisotopic (exact) mass is 280 g/mol. The van der Waals surface area contributed by atoms with E-state index in [-0.39, 0.29) is 6.04 Å². The Balaban J connectivity index is 1.67. The Morgan fingerprint density at radius 1 is 1.11 bits per heavy atom. The minimum atomic E-state index is -3.32. The summed E-state index contributed by atoms with van der Waals surface area (Å²) in [5, 5.41) is 3.42. The highest BCUT2D eigenvalue weighted by atomic mass is 32.2. The molecule has 104 valence electrons. The van der Waals surface area contributed by atoms with Crippen LogP contribution >= 0.6 is 0 Å². The van der Waals surface area contributed by atoms with E-state index in [0.717, 1.165) is 24.4 Å². The molecule has 2 aliphatic carbocycles. The molecule has 1 atom stereocenters. The molecule has 0 spiro atoms. The average molecular weight is 280 g/mol. The standard InChI is InChI=1S/C14H20N2O2S/c1-10(11-2-3-11)15-12-6-8-14(9-7-12)19(17,18)16-13-4-5-13/h6-11,13,15-16H,2-5H2,1H3. The molecule has 1 aromatic rings. The van der Waals surface area contributed by atoms with Gasteiger partial charge < -0.3 is 5.32 Å². The summed E-state index contributed by atoms with van der Waals surface area (Å²) in [4.78, 5) is 0.351. The van der Waals surface area contributed by atoms with Crippen LogP contribution in [0.3, 0.4) is 0 Å². The predicted octanol–water partition coefficient (Wildman–Crippen LogP) is 2.34. The lowest BCUT2D eigenvalue weighted by molar-refractivity contribution is 0.581. The zero-order valence-electron chi connectivity index (χ0n) is 11.1. The van der Waals surface area contributed by atoms with E-state index < -0.39 is 10.0 Å². The molecule has 19 heavy (non-hydrogen) atoms. The van der Waals surface area contributed by atoms with Crippen LogP contribution in [0.4, 0.5) is 5.69 Å². The topological polar surface area (TPSA) is 58.2 Å². The molecule has 0 bridgehead atoms. The van der Waals surface area contributed by atoms with Crippen LogP contribution in [0, 0.1) is 5.92 Å². The van der Waals surface area contributed by atoms with E-state index >= 15 is 0 Å². The van der Waals surface area contributed by atoms with Gasteiger partial charge in [-0.25, -0.2) is 13.1 Å². The van der Waals surface area contributed by atoms with Crippen molar-refractivity contribution < 1.29 is 8.42 Å². The lowest BCUT2D eigenvalue weighted by atomic mass is 10.2. The SMILES string of the molecule is CC(Nc1ccc(S(=O)(=O)NC2CC2)cc1)C1CC1. The molecule has 2 saturated carbocycles. The van der Waals surface area contributed by atoms with Crippen LogP contribution in [0.5, 0.6) is 0 Å². The second kappa shape index (κ2) is 4.80. The molecule has 0 saturated heterocycles. The molecule has 2 fully saturated rings. The van der Waals surface area contributed by atoms with Crippen molar-refractivity contribution in [3.8, 4) is 0 Å². The van der Waals surface area contributed by atoms with E-state index in [0.29, 0.717) is 10.9 Å². The summed E-state index contributed by atoms with van der Waals surface area (Å²) in [6.45, 7) is 2.18. The van der Waals surface area contributed by atoms with Crippen molar-refractivity contribution in [1.29, 1.82) is 0 Å². The van der Waals surface area contributed by atoms with Gasteiger partial charge in [0.05, 0.1) is 4.90 Å². The van der Waals surface area contributed by atoms with Crippen molar-refractivity contribution >= 4 is 15.7 Å². The third-order valence-electron chi connectivity index (χ3n) is 3.79. The highest BCUT2D eigenvalue weighted by molar-refractivity contribution is 7.89. The van der Waals surface area contributed by atoms with Gasteiger partial charge in [0.1, 0.15) is 0 Å². The maximum atomic E-state index is 12.0. The lowest BCUT2D eigenvalue weighted by Crippen LogP contribution is -2.25. The van der Waals surface area contributed by atoms with Gasteiger partial charge in [0.25, 0.3) is 0 Å². The van der Waals surface area contributed by atoms with E-state index in [1.165, 1.54) is 12.8 Å². The van der Waals surface area contributed by atoms with E-state index in [9.17, 15) is 8.42 Å². The Morgan fingerprint density at radius 3 is 2.26 bits per heavy atom. The molecule has 0 aromatic heterocycles. The van der Waals surface area contributed by atoms with Crippen LogP contribution < -0.4 is 10.0 Å². The van der Waals surface area contributed by atoms with E-state index in [1.54, 1.807) is 12.1 Å². The van der Waals surface area contributed by atoms with Gasteiger partial charge in [-0.15, -0.1) is 0 Å². The number of hydrogen-bond acceptors (Lipinski definition) is 3. The molecule has 1 aromatic carbocycles. The summed E-state index contributed by atoms with van der Waals surface area (Å²) in [7, 11) is -3.32. The van der Waals surface area contributed by atoms with Gasteiger partial charge in [0, 0.05) is 17.8 Å². The van der Waals surface area contributed by atoms with Gasteiger partial charge in [-0.2, -0.15) is 0 Å². The first-order chi connectivity index (χ1) is 9.04. The predicted molar refractivity (Wildman–Crippen MR) is 75.6 cm³/mol. The van der Waals surface area contributed by atoms with E-state index in [2.05, 4.69) is 17.0 Å². The minimum Gasteiger partial charge on any atom is -0.382 e. The summed E-state index contributed by atoms with van der Waals surface area (Å²) < 4.78 is 26.7. The number of benzene rings is 1. The van der Waals surface area contributed by atoms with Gasteiger partial charge >= 0.3 is 0 Å². The third kappa shape index (κ3) is 3.28. The maximum Gasteiger partial charge on any atom is 0.240 e. The second-order valence-corrected chi connectivity index (χ2v) is 7.40. The van der Waals surface area contributed by atoms with Gasteiger partial charge in [0.15, 0.2) is 0 Å². The molecule has 1 unspecified atom stereocenters. The van der Waals surface area contributed by atoms with Gasteiger partial charge in [0.2, 0.25) is 10.0 Å². The smallest absolute Gasteiger partial charge is 0.240 e. The molecule has 3 rings (SSSR count). The molecular formula is C14H20N2O2S. The molecule has 0 aliphatic heterocycles. The van der Waals surface area contributed by atoms with Crippen LogP contribution in [0.25, 0.3) is 0 Å². The second-order valence-electron chi connectivity index (χ2n) is 5.69. The molecule has 5 heteroatoms. The molecular weight excluding hydrogens is 260 g/mol. The van der Waals surface area contributed by atoms with Crippen LogP contribution in [-0.2, 0) is 10.0 Å². The summed E-state index contributed by atoms with van der Waals surface area (Å²) in [6.07, 6.45) is 4.51. The fourth-order valence-electron chi connectivity index (χ4n) is 2.20. The summed E-state index contributed by atoms with van der Waals surface area (Å²) in [5.74, 6) is 0.778. The molecule has 0 amide bonds.